The lowest BCUT2D eigenvalue weighted by Crippen LogP contribution is -2.41. The number of anilines is 1. The van der Waals surface area contributed by atoms with E-state index in [1.807, 2.05) is 37.3 Å². The molecule has 0 atom stereocenters. The number of nitrogens with one attached hydrogen (secondary N) is 1. The van der Waals surface area contributed by atoms with E-state index in [0.29, 0.717) is 19.6 Å². The Hall–Kier alpha value is -2.73. The summed E-state index contributed by atoms with van der Waals surface area (Å²) in [5.74, 6) is -0.0338. The lowest BCUT2D eigenvalue weighted by atomic mass is 10.0. The van der Waals surface area contributed by atoms with Crippen molar-refractivity contribution in [2.24, 2.45) is 0 Å². The van der Waals surface area contributed by atoms with Crippen LogP contribution in [0.1, 0.15) is 11.3 Å². The molecule has 0 radical (unpaired) electrons. The first kappa shape index (κ1) is 16.7. The number of aromatic nitrogens is 2. The van der Waals surface area contributed by atoms with E-state index in [0.717, 1.165) is 39.1 Å². The van der Waals surface area contributed by atoms with Crippen molar-refractivity contribution in [3.05, 3.63) is 47.8 Å². The summed E-state index contributed by atoms with van der Waals surface area (Å²) in [5, 5.41) is 0.950. The van der Waals surface area contributed by atoms with Crippen molar-refractivity contribution < 1.29 is 13.9 Å². The van der Waals surface area contributed by atoms with Crippen LogP contribution in [0.25, 0.3) is 22.2 Å². The highest BCUT2D eigenvalue weighted by molar-refractivity contribution is 5.95. The normalized spacial score (nSPS) is 15.0. The third-order valence-electron chi connectivity index (χ3n) is 4.79. The number of halogens is 1. The number of ether oxygens (including phenoxy) is 1. The Morgan fingerprint density at radius 2 is 2.19 bits per heavy atom. The van der Waals surface area contributed by atoms with Crippen molar-refractivity contribution in [1.82, 2.24) is 9.97 Å². The highest BCUT2D eigenvalue weighted by atomic mass is 19.1. The van der Waals surface area contributed by atoms with Crippen LogP contribution < -0.4 is 4.90 Å². The monoisotopic (exact) mass is 353 g/mol. The fourth-order valence-electron chi connectivity index (χ4n) is 3.47. The molecule has 134 valence electrons. The van der Waals surface area contributed by atoms with E-state index >= 15 is 0 Å². The van der Waals surface area contributed by atoms with E-state index in [1.165, 1.54) is 0 Å². The first-order valence-corrected chi connectivity index (χ1v) is 8.69. The van der Waals surface area contributed by atoms with Gasteiger partial charge in [-0.1, -0.05) is 12.1 Å². The van der Waals surface area contributed by atoms with Gasteiger partial charge in [-0.3, -0.25) is 9.18 Å². The number of H-pyrrole nitrogens is 1. The molecule has 0 bridgehead atoms. The zero-order chi connectivity index (χ0) is 18.1. The maximum absolute atomic E-state index is 12.9. The first-order chi connectivity index (χ1) is 12.7. The summed E-state index contributed by atoms with van der Waals surface area (Å²) in [7, 11) is 0. The summed E-state index contributed by atoms with van der Waals surface area (Å²) in [6.07, 6.45) is 2.18. The van der Waals surface area contributed by atoms with Crippen molar-refractivity contribution in [2.75, 3.05) is 31.3 Å². The molecule has 2 aromatic heterocycles. The Morgan fingerprint density at radius 3 is 3.00 bits per heavy atom. The standard InChI is InChI=1S/C20H20FN3O2/c1-13-17(5-6-21)18-10-15(11-22-20(18)23-13)14-3-2-4-16(9-14)24-7-8-26-12-19(24)25/h2-4,9-11H,5-8,12H2,1H3,(H,22,23). The summed E-state index contributed by atoms with van der Waals surface area (Å²) in [6, 6.07) is 9.87. The fourth-order valence-corrected chi connectivity index (χ4v) is 3.47. The van der Waals surface area contributed by atoms with Gasteiger partial charge in [0.25, 0.3) is 5.91 Å². The van der Waals surface area contributed by atoms with Crippen molar-refractivity contribution >= 4 is 22.6 Å². The number of pyridine rings is 1. The Morgan fingerprint density at radius 1 is 1.31 bits per heavy atom. The van der Waals surface area contributed by atoms with Crippen LogP contribution in [0.5, 0.6) is 0 Å². The molecule has 1 aliphatic rings. The van der Waals surface area contributed by atoms with Crippen molar-refractivity contribution in [3.63, 3.8) is 0 Å². The van der Waals surface area contributed by atoms with Crippen LogP contribution in [0.15, 0.2) is 36.5 Å². The van der Waals surface area contributed by atoms with Gasteiger partial charge in [0.15, 0.2) is 0 Å². The SMILES string of the molecule is Cc1[nH]c2ncc(-c3cccc(N4CCOCC4=O)c3)cc2c1CCF. The quantitative estimate of drug-likeness (QED) is 0.782. The smallest absolute Gasteiger partial charge is 0.253 e. The number of aromatic amines is 1. The van der Waals surface area contributed by atoms with E-state index < -0.39 is 6.67 Å². The van der Waals surface area contributed by atoms with Gasteiger partial charge in [0, 0.05) is 41.5 Å². The summed E-state index contributed by atoms with van der Waals surface area (Å²) >= 11 is 0. The maximum Gasteiger partial charge on any atom is 0.253 e. The van der Waals surface area contributed by atoms with Crippen molar-refractivity contribution in [1.29, 1.82) is 0 Å². The number of aryl methyl sites for hydroxylation is 2. The molecule has 1 fully saturated rings. The Kier molecular flexibility index (Phi) is 4.42. The van der Waals surface area contributed by atoms with Gasteiger partial charge in [-0.05, 0) is 36.2 Å². The number of rotatable bonds is 4. The number of carbonyl (C=O) groups is 1. The minimum Gasteiger partial charge on any atom is -0.370 e. The van der Waals surface area contributed by atoms with Crippen LogP contribution in [0.3, 0.4) is 0 Å². The number of benzene rings is 1. The summed E-state index contributed by atoms with van der Waals surface area (Å²) < 4.78 is 18.1. The molecule has 1 amide bonds. The van der Waals surface area contributed by atoms with Gasteiger partial charge in [-0.25, -0.2) is 4.98 Å². The number of carbonyl (C=O) groups excluding carboxylic acids is 1. The maximum atomic E-state index is 12.9. The van der Waals surface area contributed by atoms with E-state index in [-0.39, 0.29) is 12.5 Å². The molecule has 5 nitrogen and oxygen atoms in total. The zero-order valence-corrected chi connectivity index (χ0v) is 14.6. The third kappa shape index (κ3) is 2.97. The molecular formula is C20H20FN3O2. The summed E-state index contributed by atoms with van der Waals surface area (Å²) in [6.45, 7) is 2.76. The lowest BCUT2D eigenvalue weighted by molar-refractivity contribution is -0.125. The van der Waals surface area contributed by atoms with Crippen molar-refractivity contribution in [3.8, 4) is 11.1 Å². The number of morpholine rings is 1. The van der Waals surface area contributed by atoms with Crippen LogP contribution in [-0.2, 0) is 16.0 Å². The third-order valence-corrected chi connectivity index (χ3v) is 4.79. The molecule has 1 saturated heterocycles. The molecule has 6 heteroatoms. The van der Waals surface area contributed by atoms with Gasteiger partial charge in [0.2, 0.25) is 0 Å². The van der Waals surface area contributed by atoms with Crippen LogP contribution in [0.4, 0.5) is 10.1 Å². The summed E-state index contributed by atoms with van der Waals surface area (Å²) in [5.41, 5.74) is 5.46. The Balaban J connectivity index is 1.74. The number of alkyl halides is 1. The predicted octanol–water partition coefficient (Wildman–Crippen LogP) is 3.41. The van der Waals surface area contributed by atoms with Gasteiger partial charge >= 0.3 is 0 Å². The number of hydrogen-bond donors (Lipinski definition) is 1. The Labute approximate surface area is 150 Å². The number of nitrogens with zero attached hydrogens (tertiary/aromatic N) is 2. The first-order valence-electron chi connectivity index (χ1n) is 8.69. The molecule has 0 saturated carbocycles. The molecule has 3 aromatic rings. The average Bonchev–Trinajstić information content (AvgIpc) is 2.97. The molecule has 1 aromatic carbocycles. The minimum absolute atomic E-state index is 0.0338. The van der Waals surface area contributed by atoms with Crippen LogP contribution in [0, 0.1) is 6.92 Å². The van der Waals surface area contributed by atoms with Gasteiger partial charge in [-0.2, -0.15) is 0 Å². The van der Waals surface area contributed by atoms with Crippen LogP contribution in [0.2, 0.25) is 0 Å². The van der Waals surface area contributed by atoms with Crippen LogP contribution in [-0.4, -0.2) is 42.3 Å². The molecule has 4 rings (SSSR count). The van der Waals surface area contributed by atoms with E-state index in [2.05, 4.69) is 9.97 Å². The second kappa shape index (κ2) is 6.88. The van der Waals surface area contributed by atoms with Crippen LogP contribution >= 0.6 is 0 Å². The molecule has 0 spiro atoms. The fraction of sp³-hybridized carbons (Fsp3) is 0.300. The molecule has 3 heterocycles. The summed E-state index contributed by atoms with van der Waals surface area (Å²) in [4.78, 5) is 21.5. The molecular weight excluding hydrogens is 333 g/mol. The second-order valence-corrected chi connectivity index (χ2v) is 6.44. The molecule has 0 aliphatic carbocycles. The largest absolute Gasteiger partial charge is 0.370 e. The molecule has 0 unspecified atom stereocenters. The van der Waals surface area contributed by atoms with Gasteiger partial charge < -0.3 is 14.6 Å². The van der Waals surface area contributed by atoms with E-state index in [1.54, 1.807) is 11.1 Å². The van der Waals surface area contributed by atoms with Gasteiger partial charge in [0.1, 0.15) is 12.3 Å². The highest BCUT2D eigenvalue weighted by Crippen LogP contribution is 2.29. The van der Waals surface area contributed by atoms with E-state index in [4.69, 9.17) is 4.74 Å². The topological polar surface area (TPSA) is 58.2 Å². The molecule has 26 heavy (non-hydrogen) atoms. The second-order valence-electron chi connectivity index (χ2n) is 6.44. The minimum atomic E-state index is -0.396. The number of hydrogen-bond acceptors (Lipinski definition) is 3. The molecule has 1 aliphatic heterocycles. The zero-order valence-electron chi connectivity index (χ0n) is 14.6. The van der Waals surface area contributed by atoms with E-state index in [9.17, 15) is 9.18 Å². The Bertz CT molecular complexity index is 967. The predicted molar refractivity (Wildman–Crippen MR) is 99.1 cm³/mol. The highest BCUT2D eigenvalue weighted by Gasteiger charge is 2.20. The lowest BCUT2D eigenvalue weighted by Gasteiger charge is -2.27. The van der Waals surface area contributed by atoms with Gasteiger partial charge in [-0.15, -0.1) is 0 Å². The average molecular weight is 353 g/mol. The molecule has 1 N–H and O–H groups in total. The van der Waals surface area contributed by atoms with Gasteiger partial charge in [0.05, 0.1) is 13.3 Å². The number of fused-ring (bicyclic) bond motifs is 1. The number of amides is 1. The van der Waals surface area contributed by atoms with Crippen molar-refractivity contribution in [2.45, 2.75) is 13.3 Å².